The zero-order valence-corrected chi connectivity index (χ0v) is 23.5. The van der Waals surface area contributed by atoms with E-state index in [1.807, 2.05) is 36.4 Å². The molecule has 6 N–H and O–H groups in total. The van der Waals surface area contributed by atoms with Crippen molar-refractivity contribution in [3.8, 4) is 46.0 Å². The molecule has 6 rings (SSSR count). The van der Waals surface area contributed by atoms with Crippen LogP contribution in [0.3, 0.4) is 0 Å². The fourth-order valence-electron chi connectivity index (χ4n) is 6.28. The number of nitrogen functional groups attached to an aromatic ring is 2. The van der Waals surface area contributed by atoms with E-state index in [0.29, 0.717) is 47.3 Å². The van der Waals surface area contributed by atoms with Crippen LogP contribution in [0.5, 0.6) is 46.0 Å². The lowest BCUT2D eigenvalue weighted by molar-refractivity contribution is -0.166. The predicted octanol–water partition coefficient (Wildman–Crippen LogP) is 7.36. The minimum Gasteiger partial charge on any atom is -0.506 e. The largest absolute Gasteiger partial charge is 0.506 e. The second-order valence-electron chi connectivity index (χ2n) is 12.1. The van der Waals surface area contributed by atoms with Gasteiger partial charge in [-0.25, -0.2) is 0 Å². The van der Waals surface area contributed by atoms with E-state index in [1.54, 1.807) is 24.3 Å². The molecule has 1 spiro atoms. The lowest BCUT2D eigenvalue weighted by Crippen LogP contribution is -2.55. The highest BCUT2D eigenvalue weighted by molar-refractivity contribution is 5.59. The number of hydrogen-bond acceptors (Lipinski definition) is 8. The molecule has 4 aromatic rings. The summed E-state index contributed by atoms with van der Waals surface area (Å²) in [6, 6.07) is 21.1. The summed E-state index contributed by atoms with van der Waals surface area (Å²) < 4.78 is 25.9. The number of ether oxygens (including phenoxy) is 4. The number of rotatable bonds is 4. The summed E-state index contributed by atoms with van der Waals surface area (Å²) in [5.41, 5.74) is 13.2. The van der Waals surface area contributed by atoms with E-state index in [2.05, 4.69) is 27.7 Å². The van der Waals surface area contributed by atoms with Crippen LogP contribution in [0.25, 0.3) is 0 Å². The summed E-state index contributed by atoms with van der Waals surface area (Å²) in [7, 11) is 0. The Morgan fingerprint density at radius 3 is 1.44 bits per heavy atom. The maximum atomic E-state index is 10.1. The molecule has 2 aliphatic rings. The van der Waals surface area contributed by atoms with E-state index in [1.165, 1.54) is 12.1 Å². The van der Waals surface area contributed by atoms with Crippen LogP contribution < -0.4 is 30.4 Å². The van der Waals surface area contributed by atoms with Crippen molar-refractivity contribution in [3.05, 3.63) is 83.9 Å². The topological polar surface area (TPSA) is 129 Å². The molecule has 0 bridgehead atoms. The number of nitrogens with two attached hydrogens (primary N) is 2. The molecule has 8 nitrogen and oxygen atoms in total. The van der Waals surface area contributed by atoms with E-state index in [9.17, 15) is 10.2 Å². The summed E-state index contributed by atoms with van der Waals surface area (Å²) in [6.07, 6.45) is 1.14. The van der Waals surface area contributed by atoms with Crippen molar-refractivity contribution in [2.75, 3.05) is 11.5 Å². The number of benzene rings is 4. The molecule has 2 aliphatic heterocycles. The Morgan fingerprint density at radius 2 is 1.05 bits per heavy atom. The van der Waals surface area contributed by atoms with E-state index in [4.69, 9.17) is 30.4 Å². The van der Waals surface area contributed by atoms with E-state index < -0.39 is 5.79 Å². The van der Waals surface area contributed by atoms with Crippen molar-refractivity contribution in [2.24, 2.45) is 0 Å². The fourth-order valence-corrected chi connectivity index (χ4v) is 6.28. The van der Waals surface area contributed by atoms with Gasteiger partial charge in [0.2, 0.25) is 0 Å². The van der Waals surface area contributed by atoms with Gasteiger partial charge in [-0.05, 0) is 48.5 Å². The maximum Gasteiger partial charge on any atom is 0.252 e. The Labute approximate surface area is 239 Å². The molecule has 4 aromatic carbocycles. The molecular formula is C33H34N2O6. The van der Waals surface area contributed by atoms with Gasteiger partial charge < -0.3 is 40.6 Å². The third kappa shape index (κ3) is 4.69. The first-order valence-corrected chi connectivity index (χ1v) is 13.5. The van der Waals surface area contributed by atoms with Crippen LogP contribution in [0.2, 0.25) is 0 Å². The Balaban J connectivity index is 1.35. The second-order valence-corrected chi connectivity index (χ2v) is 12.1. The molecule has 41 heavy (non-hydrogen) atoms. The summed E-state index contributed by atoms with van der Waals surface area (Å²) in [4.78, 5) is 0. The van der Waals surface area contributed by atoms with Gasteiger partial charge in [-0.3, -0.25) is 0 Å². The van der Waals surface area contributed by atoms with Crippen molar-refractivity contribution in [1.82, 2.24) is 0 Å². The number of hydrogen-bond donors (Lipinski definition) is 4. The first kappa shape index (κ1) is 26.5. The van der Waals surface area contributed by atoms with E-state index >= 15 is 0 Å². The quantitative estimate of drug-likeness (QED) is 0.152. The van der Waals surface area contributed by atoms with Gasteiger partial charge in [0.25, 0.3) is 5.79 Å². The molecule has 2 heterocycles. The highest BCUT2D eigenvalue weighted by atomic mass is 16.7. The molecule has 8 heteroatoms. The third-order valence-electron chi connectivity index (χ3n) is 7.80. The second kappa shape index (κ2) is 9.16. The molecule has 0 radical (unpaired) electrons. The normalized spacial score (nSPS) is 17.5. The SMILES string of the molecule is CC1(C)CC2(CC(C)(C)c3c(Oc4ccc(N)c(O)c4)cccc3O2)Oc2cccc(Oc3ccc(N)c(O)c3)c21. The monoisotopic (exact) mass is 554 g/mol. The minimum absolute atomic E-state index is 0.0326. The van der Waals surface area contributed by atoms with Crippen LogP contribution in [0.1, 0.15) is 51.7 Å². The van der Waals surface area contributed by atoms with Crippen molar-refractivity contribution in [3.63, 3.8) is 0 Å². The molecule has 0 aromatic heterocycles. The molecule has 0 atom stereocenters. The summed E-state index contributed by atoms with van der Waals surface area (Å²) in [5, 5.41) is 20.1. The Morgan fingerprint density at radius 1 is 0.634 bits per heavy atom. The van der Waals surface area contributed by atoms with Gasteiger partial charge in [-0.1, -0.05) is 39.8 Å². The first-order chi connectivity index (χ1) is 19.4. The van der Waals surface area contributed by atoms with Gasteiger partial charge in [0.15, 0.2) is 0 Å². The van der Waals surface area contributed by atoms with Crippen LogP contribution in [0.15, 0.2) is 72.8 Å². The van der Waals surface area contributed by atoms with Crippen molar-refractivity contribution in [2.45, 2.75) is 57.2 Å². The molecule has 0 aliphatic carbocycles. The van der Waals surface area contributed by atoms with Gasteiger partial charge in [0.05, 0.1) is 11.4 Å². The zero-order chi connectivity index (χ0) is 29.2. The first-order valence-electron chi connectivity index (χ1n) is 13.5. The minimum atomic E-state index is -0.927. The van der Waals surface area contributed by atoms with Gasteiger partial charge >= 0.3 is 0 Å². The highest BCUT2D eigenvalue weighted by Gasteiger charge is 2.54. The smallest absolute Gasteiger partial charge is 0.252 e. The van der Waals surface area contributed by atoms with Gasteiger partial charge in [-0.15, -0.1) is 0 Å². The van der Waals surface area contributed by atoms with Crippen LogP contribution in [0, 0.1) is 0 Å². The van der Waals surface area contributed by atoms with E-state index in [0.717, 1.165) is 11.1 Å². The molecule has 0 saturated carbocycles. The van der Waals surface area contributed by atoms with E-state index in [-0.39, 0.29) is 33.7 Å². The number of fused-ring (bicyclic) bond motifs is 2. The van der Waals surface area contributed by atoms with Gasteiger partial charge in [-0.2, -0.15) is 0 Å². The average molecular weight is 555 g/mol. The maximum absolute atomic E-state index is 10.1. The zero-order valence-electron chi connectivity index (χ0n) is 23.5. The summed E-state index contributed by atoms with van der Waals surface area (Å²) >= 11 is 0. The average Bonchev–Trinajstić information content (AvgIpc) is 2.87. The van der Waals surface area contributed by atoms with Crippen molar-refractivity contribution in [1.29, 1.82) is 0 Å². The van der Waals surface area contributed by atoms with Gasteiger partial charge in [0.1, 0.15) is 46.0 Å². The molecule has 0 saturated heterocycles. The fraction of sp³-hybridized carbons (Fsp3) is 0.273. The molecule has 0 fully saturated rings. The number of phenolic OH excluding ortho intramolecular Hbond substituents is 2. The van der Waals surface area contributed by atoms with Crippen molar-refractivity contribution < 1.29 is 29.2 Å². The number of phenols is 2. The number of aromatic hydroxyl groups is 2. The highest BCUT2D eigenvalue weighted by Crippen LogP contribution is 2.57. The number of anilines is 2. The molecular weight excluding hydrogens is 520 g/mol. The lowest BCUT2D eigenvalue weighted by atomic mass is 9.69. The Bertz CT molecular complexity index is 1540. The van der Waals surface area contributed by atoms with Crippen LogP contribution in [-0.2, 0) is 10.8 Å². The Kier molecular flexibility index (Phi) is 5.92. The van der Waals surface area contributed by atoms with Crippen LogP contribution >= 0.6 is 0 Å². The predicted molar refractivity (Wildman–Crippen MR) is 157 cm³/mol. The van der Waals surface area contributed by atoms with Crippen LogP contribution in [0.4, 0.5) is 11.4 Å². The van der Waals surface area contributed by atoms with Crippen molar-refractivity contribution >= 4 is 11.4 Å². The Hall–Kier alpha value is -4.72. The molecule has 212 valence electrons. The summed E-state index contributed by atoms with van der Waals surface area (Å²) in [5.74, 6) is 2.62. The molecule has 0 unspecified atom stereocenters. The standard InChI is InChI=1S/C33H34N2O6/c1-31(2)17-33(40-27-9-5-7-25(29(27)31)38-19-11-13-21(34)23(36)15-19)18-32(3,4)30-26(8-6-10-28(30)41-33)39-20-12-14-22(35)24(37)16-20/h5-16,36-37H,17-18,34-35H2,1-4H3. The lowest BCUT2D eigenvalue weighted by Gasteiger charge is -2.51. The van der Waals surface area contributed by atoms with Crippen LogP contribution in [-0.4, -0.2) is 16.0 Å². The molecule has 0 amide bonds. The third-order valence-corrected chi connectivity index (χ3v) is 7.80. The van der Waals surface area contributed by atoms with Gasteiger partial charge in [0, 0.05) is 46.9 Å². The summed E-state index contributed by atoms with van der Waals surface area (Å²) in [6.45, 7) is 8.62.